The molecule has 17 heavy (non-hydrogen) atoms. The van der Waals surface area contributed by atoms with Crippen molar-refractivity contribution in [1.82, 2.24) is 15.3 Å². The molecule has 0 aliphatic carbocycles. The van der Waals surface area contributed by atoms with E-state index in [1.807, 2.05) is 19.3 Å². The van der Waals surface area contributed by atoms with E-state index in [0.29, 0.717) is 12.0 Å². The van der Waals surface area contributed by atoms with Crippen molar-refractivity contribution in [2.24, 2.45) is 5.92 Å². The van der Waals surface area contributed by atoms with E-state index in [4.69, 9.17) is 0 Å². The van der Waals surface area contributed by atoms with Crippen LogP contribution in [-0.4, -0.2) is 16.5 Å². The number of aromatic nitrogens is 2. The first kappa shape index (κ1) is 14.1. The highest BCUT2D eigenvalue weighted by Crippen LogP contribution is 2.23. The first-order valence-corrected chi connectivity index (χ1v) is 6.71. The van der Waals surface area contributed by atoms with Gasteiger partial charge in [-0.25, -0.2) is 0 Å². The summed E-state index contributed by atoms with van der Waals surface area (Å²) in [5.74, 6) is 0.601. The average molecular weight is 235 g/mol. The lowest BCUT2D eigenvalue weighted by molar-refractivity contribution is 0.356. The fourth-order valence-electron chi connectivity index (χ4n) is 2.08. The van der Waals surface area contributed by atoms with Crippen molar-refractivity contribution in [2.75, 3.05) is 6.54 Å². The van der Waals surface area contributed by atoms with Gasteiger partial charge in [0.2, 0.25) is 0 Å². The molecule has 0 bridgehead atoms. The largest absolute Gasteiger partial charge is 0.308 e. The zero-order valence-electron chi connectivity index (χ0n) is 11.5. The van der Waals surface area contributed by atoms with Crippen LogP contribution in [0.3, 0.4) is 0 Å². The maximum atomic E-state index is 4.51. The Hall–Kier alpha value is -0.960. The van der Waals surface area contributed by atoms with E-state index in [1.54, 1.807) is 0 Å². The van der Waals surface area contributed by atoms with Crippen molar-refractivity contribution >= 4 is 0 Å². The second-order valence-electron chi connectivity index (χ2n) is 4.78. The van der Waals surface area contributed by atoms with Crippen LogP contribution in [0.2, 0.25) is 0 Å². The SMILES string of the molecule is CCCNC(c1cnc(C)cn1)C(C)CCC. The number of nitrogens with zero attached hydrogens (tertiary/aromatic N) is 2. The number of hydrogen-bond donors (Lipinski definition) is 1. The predicted octanol–water partition coefficient (Wildman–Crippen LogP) is 3.26. The van der Waals surface area contributed by atoms with Gasteiger partial charge in [0.15, 0.2) is 0 Å². The maximum Gasteiger partial charge on any atom is 0.0759 e. The summed E-state index contributed by atoms with van der Waals surface area (Å²) in [5.41, 5.74) is 2.05. The molecule has 0 saturated carbocycles. The van der Waals surface area contributed by atoms with Crippen LogP contribution >= 0.6 is 0 Å². The monoisotopic (exact) mass is 235 g/mol. The predicted molar refractivity (Wildman–Crippen MR) is 71.9 cm³/mol. The lowest BCUT2D eigenvalue weighted by Crippen LogP contribution is -2.28. The Morgan fingerprint density at radius 2 is 1.94 bits per heavy atom. The van der Waals surface area contributed by atoms with Gasteiger partial charge >= 0.3 is 0 Å². The number of rotatable bonds is 7. The maximum absolute atomic E-state index is 4.51. The fourth-order valence-corrected chi connectivity index (χ4v) is 2.08. The molecule has 0 spiro atoms. The second-order valence-corrected chi connectivity index (χ2v) is 4.78. The van der Waals surface area contributed by atoms with Crippen molar-refractivity contribution in [3.05, 3.63) is 23.8 Å². The first-order valence-electron chi connectivity index (χ1n) is 6.71. The van der Waals surface area contributed by atoms with Gasteiger partial charge in [-0.1, -0.05) is 27.2 Å². The van der Waals surface area contributed by atoms with Crippen molar-refractivity contribution in [1.29, 1.82) is 0 Å². The highest BCUT2D eigenvalue weighted by Gasteiger charge is 2.19. The highest BCUT2D eigenvalue weighted by atomic mass is 15.0. The molecule has 0 saturated heterocycles. The van der Waals surface area contributed by atoms with Crippen LogP contribution in [0.4, 0.5) is 0 Å². The van der Waals surface area contributed by atoms with Gasteiger partial charge in [-0.3, -0.25) is 9.97 Å². The molecule has 0 aliphatic heterocycles. The van der Waals surface area contributed by atoms with Gasteiger partial charge in [0.05, 0.1) is 23.6 Å². The van der Waals surface area contributed by atoms with Crippen LogP contribution in [0.15, 0.2) is 12.4 Å². The van der Waals surface area contributed by atoms with Crippen LogP contribution in [0.5, 0.6) is 0 Å². The van der Waals surface area contributed by atoms with Crippen LogP contribution < -0.4 is 5.32 Å². The van der Waals surface area contributed by atoms with E-state index in [0.717, 1.165) is 24.4 Å². The minimum atomic E-state index is 0.336. The summed E-state index contributed by atoms with van der Waals surface area (Å²) < 4.78 is 0. The molecule has 0 fully saturated rings. The minimum Gasteiger partial charge on any atom is -0.308 e. The zero-order chi connectivity index (χ0) is 12.7. The molecule has 1 N–H and O–H groups in total. The Bertz CT molecular complexity index is 308. The van der Waals surface area contributed by atoms with Gasteiger partial charge in [-0.15, -0.1) is 0 Å². The zero-order valence-corrected chi connectivity index (χ0v) is 11.5. The Balaban J connectivity index is 2.77. The van der Waals surface area contributed by atoms with Crippen LogP contribution in [0.25, 0.3) is 0 Å². The lowest BCUT2D eigenvalue weighted by Gasteiger charge is -2.24. The molecule has 3 heteroatoms. The molecule has 1 rings (SSSR count). The van der Waals surface area contributed by atoms with Crippen molar-refractivity contribution < 1.29 is 0 Å². The molecule has 2 atom stereocenters. The second kappa shape index (κ2) is 7.38. The van der Waals surface area contributed by atoms with E-state index in [1.165, 1.54) is 12.8 Å². The third-order valence-corrected chi connectivity index (χ3v) is 3.05. The molecule has 0 aromatic carbocycles. The Kier molecular flexibility index (Phi) is 6.12. The minimum absolute atomic E-state index is 0.336. The van der Waals surface area contributed by atoms with Gasteiger partial charge < -0.3 is 5.32 Å². The summed E-state index contributed by atoms with van der Waals surface area (Å²) in [6.07, 6.45) is 7.35. The molecule has 1 aromatic heterocycles. The fraction of sp³-hybridized carbons (Fsp3) is 0.714. The van der Waals surface area contributed by atoms with Gasteiger partial charge in [-0.05, 0) is 32.2 Å². The van der Waals surface area contributed by atoms with Crippen molar-refractivity contribution in [3.63, 3.8) is 0 Å². The molecule has 1 heterocycles. The Morgan fingerprint density at radius 3 is 2.47 bits per heavy atom. The lowest BCUT2D eigenvalue weighted by atomic mass is 9.94. The number of hydrogen-bond acceptors (Lipinski definition) is 3. The summed E-state index contributed by atoms with van der Waals surface area (Å²) in [4.78, 5) is 8.86. The van der Waals surface area contributed by atoms with E-state index < -0.39 is 0 Å². The molecule has 0 radical (unpaired) electrons. The summed E-state index contributed by atoms with van der Waals surface area (Å²) in [7, 11) is 0. The molecule has 96 valence electrons. The van der Waals surface area contributed by atoms with Crippen LogP contribution in [0.1, 0.15) is 57.5 Å². The normalized spacial score (nSPS) is 14.6. The number of aryl methyl sites for hydroxylation is 1. The van der Waals surface area contributed by atoms with Gasteiger partial charge in [-0.2, -0.15) is 0 Å². The first-order chi connectivity index (χ1) is 8.19. The third kappa shape index (κ3) is 4.43. The summed E-state index contributed by atoms with van der Waals surface area (Å²) in [6.45, 7) is 9.72. The van der Waals surface area contributed by atoms with Crippen molar-refractivity contribution in [2.45, 2.75) is 53.0 Å². The topological polar surface area (TPSA) is 37.8 Å². The van der Waals surface area contributed by atoms with Crippen LogP contribution in [-0.2, 0) is 0 Å². The molecule has 0 amide bonds. The summed E-state index contributed by atoms with van der Waals surface area (Å²) in [5, 5.41) is 3.59. The molecular formula is C14H25N3. The van der Waals surface area contributed by atoms with E-state index in [9.17, 15) is 0 Å². The van der Waals surface area contributed by atoms with E-state index in [-0.39, 0.29) is 0 Å². The highest BCUT2D eigenvalue weighted by molar-refractivity contribution is 5.07. The molecule has 0 aliphatic rings. The quantitative estimate of drug-likeness (QED) is 0.788. The number of nitrogens with one attached hydrogen (secondary N) is 1. The molecule has 2 unspecified atom stereocenters. The van der Waals surface area contributed by atoms with E-state index in [2.05, 4.69) is 36.1 Å². The smallest absolute Gasteiger partial charge is 0.0759 e. The Morgan fingerprint density at radius 1 is 1.18 bits per heavy atom. The Labute approximate surface area is 105 Å². The summed E-state index contributed by atoms with van der Waals surface area (Å²) in [6, 6.07) is 0.336. The van der Waals surface area contributed by atoms with Gasteiger partial charge in [0.25, 0.3) is 0 Å². The molecule has 3 nitrogen and oxygen atoms in total. The summed E-state index contributed by atoms with van der Waals surface area (Å²) >= 11 is 0. The van der Waals surface area contributed by atoms with Crippen molar-refractivity contribution in [3.8, 4) is 0 Å². The molecular weight excluding hydrogens is 210 g/mol. The van der Waals surface area contributed by atoms with Crippen LogP contribution in [0, 0.1) is 12.8 Å². The average Bonchev–Trinajstić information content (AvgIpc) is 2.32. The van der Waals surface area contributed by atoms with Gasteiger partial charge in [0.1, 0.15) is 0 Å². The molecule has 1 aromatic rings. The van der Waals surface area contributed by atoms with Gasteiger partial charge in [0, 0.05) is 6.20 Å². The standard InChI is InChI=1S/C14H25N3/c1-5-7-11(3)14(15-8-6-2)13-10-16-12(4)9-17-13/h9-11,14-15H,5-8H2,1-4H3. The third-order valence-electron chi connectivity index (χ3n) is 3.05. The van der Waals surface area contributed by atoms with E-state index >= 15 is 0 Å².